The fourth-order valence-corrected chi connectivity index (χ4v) is 9.32. The lowest BCUT2D eigenvalue weighted by molar-refractivity contribution is -0.116. The third kappa shape index (κ3) is 3.50. The molecule has 0 saturated heterocycles. The van der Waals surface area contributed by atoms with Gasteiger partial charge in [0.15, 0.2) is 0 Å². The van der Waals surface area contributed by atoms with E-state index >= 15 is 0 Å². The van der Waals surface area contributed by atoms with Crippen molar-refractivity contribution in [3.63, 3.8) is 0 Å². The molecular formula is C27H49N. The average Bonchev–Trinajstić information content (AvgIpc) is 2.99. The summed E-state index contributed by atoms with van der Waals surface area (Å²) in [4.78, 5) is 0. The zero-order valence-corrected chi connectivity index (χ0v) is 19.7. The van der Waals surface area contributed by atoms with Crippen LogP contribution in [0.4, 0.5) is 0 Å². The van der Waals surface area contributed by atoms with Gasteiger partial charge in [0.1, 0.15) is 0 Å². The number of rotatable bonds is 5. The minimum Gasteiger partial charge on any atom is -0.328 e. The summed E-state index contributed by atoms with van der Waals surface area (Å²) in [7, 11) is 0. The zero-order valence-electron chi connectivity index (χ0n) is 19.7. The average molecular weight is 388 g/mol. The Hall–Kier alpha value is -0.0400. The molecule has 28 heavy (non-hydrogen) atoms. The molecule has 0 aliphatic heterocycles. The van der Waals surface area contributed by atoms with Crippen molar-refractivity contribution >= 4 is 0 Å². The standard InChI is InChI=1S/C27H49N/c1-18(2)7-6-8-19(3)23-11-12-24-22-10-9-20-17-21(28)13-15-26(20,4)25(22)14-16-27(23,24)5/h18-25H,6-17,28H2,1-5H3/t19-,20?,21+,22?,23?,24?,25?,26?,27?/m1/s1. The van der Waals surface area contributed by atoms with Gasteiger partial charge in [-0.3, -0.25) is 0 Å². The fourth-order valence-electron chi connectivity index (χ4n) is 9.32. The van der Waals surface area contributed by atoms with Gasteiger partial charge in [-0.05, 0) is 110 Å². The summed E-state index contributed by atoms with van der Waals surface area (Å²) in [6.07, 6.45) is 17.5. The maximum absolute atomic E-state index is 6.39. The summed E-state index contributed by atoms with van der Waals surface area (Å²) in [5.41, 5.74) is 7.64. The van der Waals surface area contributed by atoms with Crippen molar-refractivity contribution in [1.82, 2.24) is 0 Å². The molecule has 9 atom stereocenters. The predicted octanol–water partition coefficient (Wildman–Crippen LogP) is 7.44. The summed E-state index contributed by atoms with van der Waals surface area (Å²) in [5, 5.41) is 0. The van der Waals surface area contributed by atoms with Gasteiger partial charge in [0.25, 0.3) is 0 Å². The molecule has 0 aromatic rings. The van der Waals surface area contributed by atoms with Gasteiger partial charge in [-0.2, -0.15) is 0 Å². The van der Waals surface area contributed by atoms with Crippen molar-refractivity contribution in [3.8, 4) is 0 Å². The summed E-state index contributed by atoms with van der Waals surface area (Å²) in [6.45, 7) is 12.8. The van der Waals surface area contributed by atoms with Crippen molar-refractivity contribution in [2.24, 2.45) is 58.0 Å². The lowest BCUT2D eigenvalue weighted by Gasteiger charge is -2.61. The first-order valence-electron chi connectivity index (χ1n) is 13.0. The Kier molecular flexibility index (Phi) is 5.98. The second-order valence-electron chi connectivity index (χ2n) is 12.7. The maximum atomic E-state index is 6.39. The molecule has 0 bridgehead atoms. The van der Waals surface area contributed by atoms with E-state index in [0.29, 0.717) is 16.9 Å². The van der Waals surface area contributed by atoms with E-state index in [1.54, 1.807) is 0 Å². The molecule has 4 saturated carbocycles. The Labute approximate surface area is 176 Å². The SMILES string of the molecule is CC(C)CCC[C@@H](C)C1CCC2C3CCC4C[C@@H](N)CCC4(C)C3CCC21C. The van der Waals surface area contributed by atoms with E-state index in [0.717, 1.165) is 41.4 Å². The molecule has 2 N–H and O–H groups in total. The largest absolute Gasteiger partial charge is 0.328 e. The fraction of sp³-hybridized carbons (Fsp3) is 1.00. The molecule has 0 radical (unpaired) electrons. The summed E-state index contributed by atoms with van der Waals surface area (Å²) in [5.74, 6) is 6.79. The number of nitrogens with two attached hydrogens (primary N) is 1. The third-order valence-corrected chi connectivity index (χ3v) is 10.9. The van der Waals surface area contributed by atoms with Gasteiger partial charge in [-0.1, -0.05) is 53.9 Å². The molecule has 162 valence electrons. The molecule has 1 nitrogen and oxygen atoms in total. The number of fused-ring (bicyclic) bond motifs is 5. The van der Waals surface area contributed by atoms with Crippen LogP contribution < -0.4 is 5.73 Å². The number of hydrogen-bond acceptors (Lipinski definition) is 1. The van der Waals surface area contributed by atoms with E-state index in [4.69, 9.17) is 5.73 Å². The summed E-state index contributed by atoms with van der Waals surface area (Å²) < 4.78 is 0. The van der Waals surface area contributed by atoms with Gasteiger partial charge in [0.2, 0.25) is 0 Å². The molecule has 0 spiro atoms. The van der Waals surface area contributed by atoms with E-state index in [9.17, 15) is 0 Å². The van der Waals surface area contributed by atoms with Gasteiger partial charge < -0.3 is 5.73 Å². The van der Waals surface area contributed by atoms with Crippen LogP contribution in [-0.2, 0) is 0 Å². The van der Waals surface area contributed by atoms with Crippen molar-refractivity contribution in [2.45, 2.75) is 118 Å². The molecule has 4 fully saturated rings. The minimum absolute atomic E-state index is 0.492. The first-order chi connectivity index (χ1) is 13.3. The highest BCUT2D eigenvalue weighted by Crippen LogP contribution is 2.68. The van der Waals surface area contributed by atoms with E-state index in [-0.39, 0.29) is 0 Å². The number of hydrogen-bond donors (Lipinski definition) is 1. The summed E-state index contributed by atoms with van der Waals surface area (Å²) >= 11 is 0. The van der Waals surface area contributed by atoms with Gasteiger partial charge in [0.05, 0.1) is 0 Å². The first kappa shape index (κ1) is 21.2. The Morgan fingerprint density at radius 1 is 0.821 bits per heavy atom. The second-order valence-corrected chi connectivity index (χ2v) is 12.7. The van der Waals surface area contributed by atoms with Gasteiger partial charge >= 0.3 is 0 Å². The van der Waals surface area contributed by atoms with Gasteiger partial charge in [0, 0.05) is 6.04 Å². The van der Waals surface area contributed by atoms with Crippen LogP contribution in [0.15, 0.2) is 0 Å². The molecule has 4 rings (SSSR count). The smallest absolute Gasteiger partial charge is 0.00418 e. The van der Waals surface area contributed by atoms with Gasteiger partial charge in [-0.25, -0.2) is 0 Å². The van der Waals surface area contributed by atoms with E-state index < -0.39 is 0 Å². The first-order valence-corrected chi connectivity index (χ1v) is 13.0. The molecule has 0 aromatic heterocycles. The monoisotopic (exact) mass is 387 g/mol. The predicted molar refractivity (Wildman–Crippen MR) is 121 cm³/mol. The van der Waals surface area contributed by atoms with Crippen LogP contribution in [0, 0.1) is 52.3 Å². The second kappa shape index (κ2) is 7.90. The topological polar surface area (TPSA) is 26.0 Å². The van der Waals surface area contributed by atoms with E-state index in [2.05, 4.69) is 34.6 Å². The lowest BCUT2D eigenvalue weighted by Crippen LogP contribution is -2.54. The van der Waals surface area contributed by atoms with E-state index in [1.807, 2.05) is 0 Å². The molecule has 4 aliphatic rings. The molecule has 0 aromatic carbocycles. The Morgan fingerprint density at radius 3 is 2.29 bits per heavy atom. The van der Waals surface area contributed by atoms with Crippen LogP contribution in [-0.4, -0.2) is 6.04 Å². The molecule has 1 heteroatoms. The molecule has 7 unspecified atom stereocenters. The van der Waals surface area contributed by atoms with E-state index in [1.165, 1.54) is 77.0 Å². The van der Waals surface area contributed by atoms with Crippen molar-refractivity contribution < 1.29 is 0 Å². The van der Waals surface area contributed by atoms with Crippen LogP contribution in [0.3, 0.4) is 0 Å². The highest BCUT2D eigenvalue weighted by atomic mass is 14.7. The lowest BCUT2D eigenvalue weighted by atomic mass is 9.44. The maximum Gasteiger partial charge on any atom is 0.00418 e. The normalized spacial score (nSPS) is 49.4. The van der Waals surface area contributed by atoms with Crippen LogP contribution in [0.2, 0.25) is 0 Å². The quantitative estimate of drug-likeness (QED) is 0.521. The molecule has 4 aliphatic carbocycles. The summed E-state index contributed by atoms with van der Waals surface area (Å²) in [6, 6.07) is 0.492. The molecule has 0 amide bonds. The molecule has 0 heterocycles. The van der Waals surface area contributed by atoms with Crippen LogP contribution >= 0.6 is 0 Å². The minimum atomic E-state index is 0.492. The van der Waals surface area contributed by atoms with Crippen LogP contribution in [0.25, 0.3) is 0 Å². The highest BCUT2D eigenvalue weighted by molar-refractivity contribution is 5.09. The Morgan fingerprint density at radius 2 is 1.54 bits per heavy atom. The zero-order chi connectivity index (χ0) is 20.1. The Bertz CT molecular complexity index is 540. The van der Waals surface area contributed by atoms with Crippen molar-refractivity contribution in [3.05, 3.63) is 0 Å². The van der Waals surface area contributed by atoms with Gasteiger partial charge in [-0.15, -0.1) is 0 Å². The highest BCUT2D eigenvalue weighted by Gasteiger charge is 2.60. The Balaban J connectivity index is 1.46. The van der Waals surface area contributed by atoms with Crippen LogP contribution in [0.5, 0.6) is 0 Å². The van der Waals surface area contributed by atoms with Crippen molar-refractivity contribution in [2.75, 3.05) is 0 Å². The third-order valence-electron chi connectivity index (χ3n) is 10.9. The van der Waals surface area contributed by atoms with Crippen LogP contribution in [0.1, 0.15) is 112 Å². The molecular weight excluding hydrogens is 338 g/mol. The van der Waals surface area contributed by atoms with Crippen molar-refractivity contribution in [1.29, 1.82) is 0 Å².